The molecule has 1 atom stereocenters. The summed E-state index contributed by atoms with van der Waals surface area (Å²) in [6.07, 6.45) is 6.67. The van der Waals surface area contributed by atoms with E-state index in [4.69, 9.17) is 0 Å². The van der Waals surface area contributed by atoms with Gasteiger partial charge in [0.15, 0.2) is 5.65 Å². The van der Waals surface area contributed by atoms with Crippen molar-refractivity contribution in [3.05, 3.63) is 78.1 Å². The molecule has 0 radical (unpaired) electrons. The van der Waals surface area contributed by atoms with Crippen molar-refractivity contribution in [1.82, 2.24) is 34.4 Å². The lowest BCUT2D eigenvalue weighted by atomic mass is 10.0. The van der Waals surface area contributed by atoms with Crippen LogP contribution in [0.4, 0.5) is 22.1 Å². The maximum atomic E-state index is 11.4. The summed E-state index contributed by atoms with van der Waals surface area (Å²) in [7, 11) is 0. The van der Waals surface area contributed by atoms with Crippen LogP contribution in [0.5, 0.6) is 0 Å². The minimum absolute atomic E-state index is 0.00602. The summed E-state index contributed by atoms with van der Waals surface area (Å²) in [5, 5.41) is 17.8. The first kappa shape index (κ1) is 23.6. The van der Waals surface area contributed by atoms with E-state index in [9.17, 15) is 9.90 Å². The highest BCUT2D eigenvalue weighted by Gasteiger charge is 2.27. The summed E-state index contributed by atoms with van der Waals surface area (Å²) in [5.74, 6) is 1.48. The van der Waals surface area contributed by atoms with E-state index < -0.39 is 6.09 Å². The van der Waals surface area contributed by atoms with Crippen LogP contribution in [0, 0.1) is 6.92 Å². The second-order valence-corrected chi connectivity index (χ2v) is 9.59. The van der Waals surface area contributed by atoms with Gasteiger partial charge in [-0.1, -0.05) is 6.07 Å². The van der Waals surface area contributed by atoms with Crippen molar-refractivity contribution in [2.45, 2.75) is 26.3 Å². The van der Waals surface area contributed by atoms with Crippen LogP contribution in [0.15, 0.2) is 61.4 Å². The summed E-state index contributed by atoms with van der Waals surface area (Å²) >= 11 is 0. The van der Waals surface area contributed by atoms with Crippen LogP contribution in [0.2, 0.25) is 0 Å². The molecular weight excluding hydrogens is 482 g/mol. The highest BCUT2D eigenvalue weighted by atomic mass is 16.4. The minimum Gasteiger partial charge on any atom is -0.465 e. The molecule has 5 aromatic rings. The van der Waals surface area contributed by atoms with Crippen molar-refractivity contribution in [2.24, 2.45) is 0 Å². The number of nitrogens with zero attached hydrogens (tertiary/aromatic N) is 8. The van der Waals surface area contributed by atoms with Gasteiger partial charge in [-0.05, 0) is 67.3 Å². The Morgan fingerprint density at radius 1 is 1.08 bits per heavy atom. The van der Waals surface area contributed by atoms with Gasteiger partial charge < -0.3 is 20.2 Å². The van der Waals surface area contributed by atoms with Gasteiger partial charge in [0, 0.05) is 42.9 Å². The fraction of sp³-hybridized carbons (Fsp3) is 0.259. The number of aromatic nitrogens is 6. The summed E-state index contributed by atoms with van der Waals surface area (Å²) in [6.45, 7) is 5.57. The molecule has 0 saturated carbocycles. The standard InChI is InChI=1S/C27H27N9O2/c1-17-9-21(4-3-20(17)10-19-5-6-36-25(11-19)30-16-32-36)33-26-22-12-24(28-13-23(22)29-15-31-26)35-8-7-34(27(37)38)14-18(35)2/h3-6,9,11-13,15-16,18H,7-8,10,14H2,1-2H3,(H,37,38)(H,29,31,33). The average Bonchev–Trinajstić information content (AvgIpc) is 3.38. The van der Waals surface area contributed by atoms with Gasteiger partial charge in [-0.3, -0.25) is 0 Å². The molecule has 11 heteroatoms. The van der Waals surface area contributed by atoms with E-state index in [0.29, 0.717) is 25.5 Å². The fourth-order valence-corrected chi connectivity index (χ4v) is 4.97. The van der Waals surface area contributed by atoms with Gasteiger partial charge in [0.2, 0.25) is 0 Å². The Morgan fingerprint density at radius 3 is 2.79 bits per heavy atom. The Kier molecular flexibility index (Phi) is 5.95. The van der Waals surface area contributed by atoms with E-state index in [1.165, 1.54) is 27.9 Å². The molecule has 4 aromatic heterocycles. The largest absolute Gasteiger partial charge is 0.465 e. The molecule has 1 fully saturated rings. The maximum absolute atomic E-state index is 11.4. The molecule has 1 amide bonds. The zero-order valence-corrected chi connectivity index (χ0v) is 21.1. The molecule has 0 spiro atoms. The first-order chi connectivity index (χ1) is 18.4. The van der Waals surface area contributed by atoms with Gasteiger partial charge in [0.25, 0.3) is 0 Å². The molecule has 5 heterocycles. The second-order valence-electron chi connectivity index (χ2n) is 9.59. The average molecular weight is 510 g/mol. The molecule has 38 heavy (non-hydrogen) atoms. The number of hydrogen-bond donors (Lipinski definition) is 2. The van der Waals surface area contributed by atoms with Crippen molar-refractivity contribution < 1.29 is 9.90 Å². The summed E-state index contributed by atoms with van der Waals surface area (Å²) in [4.78, 5) is 32.7. The van der Waals surface area contributed by atoms with Crippen LogP contribution in [-0.2, 0) is 6.42 Å². The first-order valence-corrected chi connectivity index (χ1v) is 12.4. The van der Waals surface area contributed by atoms with Crippen LogP contribution in [0.1, 0.15) is 23.6 Å². The van der Waals surface area contributed by atoms with Crippen LogP contribution >= 0.6 is 0 Å². The predicted octanol–water partition coefficient (Wildman–Crippen LogP) is 3.90. The number of anilines is 3. The number of amides is 1. The maximum Gasteiger partial charge on any atom is 0.407 e. The fourth-order valence-electron chi connectivity index (χ4n) is 4.97. The number of rotatable bonds is 5. The van der Waals surface area contributed by atoms with Crippen molar-refractivity contribution in [1.29, 1.82) is 0 Å². The molecule has 1 aliphatic heterocycles. The zero-order chi connectivity index (χ0) is 26.2. The molecule has 1 aliphatic rings. The lowest BCUT2D eigenvalue weighted by Crippen LogP contribution is -2.53. The van der Waals surface area contributed by atoms with E-state index in [1.807, 2.05) is 19.2 Å². The molecule has 0 bridgehead atoms. The van der Waals surface area contributed by atoms with Crippen LogP contribution in [-0.4, -0.2) is 71.3 Å². The third-order valence-electron chi connectivity index (χ3n) is 7.04. The second kappa shape index (κ2) is 9.58. The summed E-state index contributed by atoms with van der Waals surface area (Å²) < 4.78 is 1.76. The third kappa shape index (κ3) is 4.54. The van der Waals surface area contributed by atoms with Gasteiger partial charge in [-0.2, -0.15) is 5.10 Å². The number of piperazine rings is 1. The van der Waals surface area contributed by atoms with Crippen molar-refractivity contribution >= 4 is 40.0 Å². The minimum atomic E-state index is -0.888. The van der Waals surface area contributed by atoms with Crippen LogP contribution in [0.25, 0.3) is 16.6 Å². The number of carboxylic acid groups (broad SMARTS) is 1. The molecule has 2 N–H and O–H groups in total. The molecule has 1 saturated heterocycles. The SMILES string of the molecule is Cc1cc(Nc2ncnc3cnc(N4CCN(C(=O)O)CC4C)cc23)ccc1Cc1ccn2ncnc2c1. The van der Waals surface area contributed by atoms with Crippen molar-refractivity contribution in [2.75, 3.05) is 29.9 Å². The summed E-state index contributed by atoms with van der Waals surface area (Å²) in [6, 6.07) is 12.4. The molecule has 1 unspecified atom stereocenters. The van der Waals surface area contributed by atoms with Gasteiger partial charge in [0.1, 0.15) is 24.3 Å². The topological polar surface area (TPSA) is 125 Å². The van der Waals surface area contributed by atoms with Gasteiger partial charge in [-0.15, -0.1) is 0 Å². The Balaban J connectivity index is 1.23. The lowest BCUT2D eigenvalue weighted by molar-refractivity contribution is 0.136. The molecule has 6 rings (SSSR count). The third-order valence-corrected chi connectivity index (χ3v) is 7.04. The first-order valence-electron chi connectivity index (χ1n) is 12.4. The van der Waals surface area contributed by atoms with Gasteiger partial charge >= 0.3 is 6.09 Å². The summed E-state index contributed by atoms with van der Waals surface area (Å²) in [5.41, 5.74) is 6.08. The Hall–Kier alpha value is -4.80. The molecule has 1 aromatic carbocycles. The molecule has 0 aliphatic carbocycles. The number of benzene rings is 1. The molecule has 11 nitrogen and oxygen atoms in total. The number of aryl methyl sites for hydroxylation is 1. The Bertz CT molecular complexity index is 1650. The van der Waals surface area contributed by atoms with E-state index in [-0.39, 0.29) is 6.04 Å². The van der Waals surface area contributed by atoms with Gasteiger partial charge in [0.05, 0.1) is 11.7 Å². The monoisotopic (exact) mass is 509 g/mol. The highest BCUT2D eigenvalue weighted by molar-refractivity contribution is 5.92. The normalized spacial score (nSPS) is 15.8. The smallest absolute Gasteiger partial charge is 0.407 e. The number of nitrogens with one attached hydrogen (secondary N) is 1. The van der Waals surface area contributed by atoms with Gasteiger partial charge in [-0.25, -0.2) is 29.2 Å². The number of fused-ring (bicyclic) bond motifs is 2. The highest BCUT2D eigenvalue weighted by Crippen LogP contribution is 2.28. The predicted molar refractivity (Wildman–Crippen MR) is 144 cm³/mol. The van der Waals surface area contributed by atoms with E-state index in [0.717, 1.165) is 34.5 Å². The number of carbonyl (C=O) groups is 1. The van der Waals surface area contributed by atoms with E-state index in [1.54, 1.807) is 17.0 Å². The lowest BCUT2D eigenvalue weighted by Gasteiger charge is -2.39. The van der Waals surface area contributed by atoms with E-state index in [2.05, 4.69) is 72.5 Å². The van der Waals surface area contributed by atoms with Crippen LogP contribution in [0.3, 0.4) is 0 Å². The Labute approximate surface area is 218 Å². The van der Waals surface area contributed by atoms with Crippen LogP contribution < -0.4 is 10.2 Å². The quantitative estimate of drug-likeness (QED) is 0.363. The zero-order valence-electron chi connectivity index (χ0n) is 21.1. The number of hydrogen-bond acceptors (Lipinski definition) is 8. The van der Waals surface area contributed by atoms with Crippen molar-refractivity contribution in [3.63, 3.8) is 0 Å². The molecule has 192 valence electrons. The van der Waals surface area contributed by atoms with Crippen molar-refractivity contribution in [3.8, 4) is 0 Å². The number of pyridine rings is 2. The van der Waals surface area contributed by atoms with E-state index >= 15 is 0 Å². The molecular formula is C27H27N9O2. The Morgan fingerprint density at radius 2 is 1.97 bits per heavy atom.